The highest BCUT2D eigenvalue weighted by molar-refractivity contribution is 7.99. The number of H-pyrrole nitrogens is 1. The highest BCUT2D eigenvalue weighted by atomic mass is 32.2. The van der Waals surface area contributed by atoms with E-state index in [9.17, 15) is 4.79 Å². The van der Waals surface area contributed by atoms with E-state index in [4.69, 9.17) is 4.98 Å². The number of hydrogen-bond acceptors (Lipinski definition) is 6. The fourth-order valence-corrected chi connectivity index (χ4v) is 6.05. The van der Waals surface area contributed by atoms with Gasteiger partial charge in [-0.25, -0.2) is 4.98 Å². The smallest absolute Gasteiger partial charge is 0.251 e. The molecule has 0 radical (unpaired) electrons. The van der Waals surface area contributed by atoms with Crippen LogP contribution in [0.5, 0.6) is 0 Å². The number of fused-ring (bicyclic) bond motifs is 1. The second-order valence-electron chi connectivity index (χ2n) is 10.6. The summed E-state index contributed by atoms with van der Waals surface area (Å²) in [4.78, 5) is 18.3. The maximum atomic E-state index is 13.3. The predicted molar refractivity (Wildman–Crippen MR) is 172 cm³/mol. The lowest BCUT2D eigenvalue weighted by Crippen LogP contribution is -2.27. The van der Waals surface area contributed by atoms with E-state index in [1.807, 2.05) is 55.5 Å². The number of tetrazole rings is 1. The zero-order valence-corrected chi connectivity index (χ0v) is 25.2. The van der Waals surface area contributed by atoms with Crippen LogP contribution >= 0.6 is 11.8 Å². The van der Waals surface area contributed by atoms with Crippen LogP contribution in [0.15, 0.2) is 96.2 Å². The summed E-state index contributed by atoms with van der Waals surface area (Å²) in [6.07, 6.45) is 0. The molecule has 0 fully saturated rings. The van der Waals surface area contributed by atoms with Crippen LogP contribution in [-0.4, -0.2) is 48.4 Å². The minimum Gasteiger partial charge on any atom is -0.351 e. The maximum Gasteiger partial charge on any atom is 0.251 e. The monoisotopic (exact) mass is 587 g/mol. The quantitative estimate of drug-likeness (QED) is 0.169. The molecule has 0 unspecified atom stereocenters. The Hall–Kier alpha value is -4.76. The van der Waals surface area contributed by atoms with Crippen molar-refractivity contribution >= 4 is 28.7 Å². The molecule has 0 saturated heterocycles. The Bertz CT molecular complexity index is 1850. The molecule has 0 saturated carbocycles. The van der Waals surface area contributed by atoms with Crippen LogP contribution < -0.4 is 5.32 Å². The van der Waals surface area contributed by atoms with E-state index >= 15 is 0 Å². The lowest BCUT2D eigenvalue weighted by Gasteiger charge is -2.14. The fourth-order valence-electron chi connectivity index (χ4n) is 5.32. The molecule has 1 atom stereocenters. The van der Waals surface area contributed by atoms with E-state index in [1.54, 1.807) is 11.8 Å². The van der Waals surface area contributed by atoms with E-state index in [0.717, 1.165) is 49.8 Å². The van der Waals surface area contributed by atoms with Crippen LogP contribution in [0.2, 0.25) is 0 Å². The molecular formula is C34H33N7OS. The Morgan fingerprint density at radius 3 is 2.44 bits per heavy atom. The number of benzene rings is 4. The Balaban J connectivity index is 1.27. The molecule has 2 aromatic heterocycles. The number of carbonyl (C=O) groups excluding carboxylic acids is 1. The van der Waals surface area contributed by atoms with Crippen molar-refractivity contribution in [3.63, 3.8) is 0 Å². The first-order chi connectivity index (χ1) is 21.0. The summed E-state index contributed by atoms with van der Waals surface area (Å²) in [5.74, 6) is 1.61. The third-order valence-electron chi connectivity index (χ3n) is 7.60. The first kappa shape index (κ1) is 28.4. The van der Waals surface area contributed by atoms with Crippen LogP contribution in [0, 0.1) is 6.92 Å². The Labute approximate surface area is 255 Å². The normalized spacial score (nSPS) is 12.0. The summed E-state index contributed by atoms with van der Waals surface area (Å²) in [7, 11) is 0. The SMILES string of the molecule is CCSc1nc2c(C)cc(C(=O)NC[C@@H](C)c3ccccc3)cc2n1Cc1ccc(-c2ccccc2-c2nn[nH]n2)cc1. The molecule has 4 aromatic carbocycles. The molecule has 0 aliphatic rings. The summed E-state index contributed by atoms with van der Waals surface area (Å²) in [6, 6.07) is 30.8. The second-order valence-corrected chi connectivity index (χ2v) is 11.8. The Morgan fingerprint density at radius 1 is 0.977 bits per heavy atom. The molecule has 6 aromatic rings. The molecule has 1 amide bonds. The van der Waals surface area contributed by atoms with Gasteiger partial charge < -0.3 is 9.88 Å². The molecule has 43 heavy (non-hydrogen) atoms. The number of hydrogen-bond donors (Lipinski definition) is 2. The average Bonchev–Trinajstić information content (AvgIpc) is 3.70. The topological polar surface area (TPSA) is 101 Å². The number of aromatic nitrogens is 6. The minimum atomic E-state index is -0.0742. The molecular weight excluding hydrogens is 554 g/mol. The van der Waals surface area contributed by atoms with Crippen molar-refractivity contribution in [3.05, 3.63) is 113 Å². The second kappa shape index (κ2) is 12.6. The third-order valence-corrected chi connectivity index (χ3v) is 8.46. The van der Waals surface area contributed by atoms with Crippen molar-refractivity contribution in [1.82, 2.24) is 35.5 Å². The summed E-state index contributed by atoms with van der Waals surface area (Å²) in [5, 5.41) is 18.7. The van der Waals surface area contributed by atoms with Gasteiger partial charge in [0, 0.05) is 17.7 Å². The molecule has 9 heteroatoms. The lowest BCUT2D eigenvalue weighted by molar-refractivity contribution is 0.0951. The van der Waals surface area contributed by atoms with Gasteiger partial charge in [-0.05, 0) is 63.8 Å². The van der Waals surface area contributed by atoms with Gasteiger partial charge >= 0.3 is 0 Å². The number of imidazole rings is 1. The lowest BCUT2D eigenvalue weighted by atomic mass is 9.98. The standard InChI is InChI=1S/C34H33N7OS/c1-4-43-34-36-31-22(2)18-27(33(42)35-20-23(3)25-10-6-5-7-11-25)19-30(31)41(34)21-24-14-16-26(17-15-24)28-12-8-9-13-29(28)32-37-39-40-38-32/h5-19,23H,4,20-21H2,1-3H3,(H,35,42)(H,37,38,39,40)/t23-/m1/s1. The van der Waals surface area contributed by atoms with Gasteiger partial charge in [0.2, 0.25) is 5.82 Å². The molecule has 0 aliphatic heterocycles. The van der Waals surface area contributed by atoms with Gasteiger partial charge in [-0.3, -0.25) is 4.79 Å². The van der Waals surface area contributed by atoms with Crippen molar-refractivity contribution in [3.8, 4) is 22.5 Å². The fraction of sp³-hybridized carbons (Fsp3) is 0.206. The molecule has 2 N–H and O–H groups in total. The van der Waals surface area contributed by atoms with Gasteiger partial charge in [-0.1, -0.05) is 104 Å². The minimum absolute atomic E-state index is 0.0742. The van der Waals surface area contributed by atoms with Crippen LogP contribution in [0.4, 0.5) is 0 Å². The van der Waals surface area contributed by atoms with E-state index < -0.39 is 0 Å². The summed E-state index contributed by atoms with van der Waals surface area (Å²) in [6.45, 7) is 7.49. The van der Waals surface area contributed by atoms with E-state index in [0.29, 0.717) is 24.5 Å². The predicted octanol–water partition coefficient (Wildman–Crippen LogP) is 6.89. The van der Waals surface area contributed by atoms with Crippen molar-refractivity contribution in [2.75, 3.05) is 12.3 Å². The number of nitrogens with zero attached hydrogens (tertiary/aromatic N) is 5. The van der Waals surface area contributed by atoms with Crippen LogP contribution in [0.1, 0.15) is 46.8 Å². The van der Waals surface area contributed by atoms with E-state index in [2.05, 4.69) is 86.8 Å². The molecule has 6 rings (SSSR count). The third kappa shape index (κ3) is 6.08. The van der Waals surface area contributed by atoms with Crippen LogP contribution in [-0.2, 0) is 6.54 Å². The number of aromatic amines is 1. The van der Waals surface area contributed by atoms with Crippen molar-refractivity contribution in [2.24, 2.45) is 0 Å². The number of aryl methyl sites for hydroxylation is 1. The molecule has 0 bridgehead atoms. The molecule has 0 spiro atoms. The molecule has 0 aliphatic carbocycles. The first-order valence-corrected chi connectivity index (χ1v) is 15.4. The number of amides is 1. The van der Waals surface area contributed by atoms with E-state index in [-0.39, 0.29) is 11.8 Å². The van der Waals surface area contributed by atoms with E-state index in [1.165, 1.54) is 5.56 Å². The highest BCUT2D eigenvalue weighted by Gasteiger charge is 2.18. The van der Waals surface area contributed by atoms with Crippen LogP contribution in [0.25, 0.3) is 33.5 Å². The first-order valence-electron chi connectivity index (χ1n) is 14.4. The molecule has 8 nitrogen and oxygen atoms in total. The van der Waals surface area contributed by atoms with Gasteiger partial charge in [-0.2, -0.15) is 5.21 Å². The van der Waals surface area contributed by atoms with Crippen LogP contribution in [0.3, 0.4) is 0 Å². The van der Waals surface area contributed by atoms with Crippen molar-refractivity contribution in [2.45, 2.75) is 38.4 Å². The van der Waals surface area contributed by atoms with Gasteiger partial charge in [-0.15, -0.1) is 10.2 Å². The van der Waals surface area contributed by atoms with Crippen molar-refractivity contribution in [1.29, 1.82) is 0 Å². The number of rotatable bonds is 10. The number of thioether (sulfide) groups is 1. The molecule has 2 heterocycles. The molecule has 216 valence electrons. The number of carbonyl (C=O) groups is 1. The Kier molecular flexibility index (Phi) is 8.33. The largest absolute Gasteiger partial charge is 0.351 e. The van der Waals surface area contributed by atoms with Gasteiger partial charge in [0.25, 0.3) is 5.91 Å². The number of nitrogens with one attached hydrogen (secondary N) is 2. The zero-order valence-electron chi connectivity index (χ0n) is 24.4. The zero-order chi connectivity index (χ0) is 29.8. The summed E-state index contributed by atoms with van der Waals surface area (Å²) in [5.41, 5.74) is 8.91. The average molecular weight is 588 g/mol. The van der Waals surface area contributed by atoms with Crippen molar-refractivity contribution < 1.29 is 4.79 Å². The Morgan fingerprint density at radius 2 is 1.72 bits per heavy atom. The van der Waals surface area contributed by atoms with Gasteiger partial charge in [0.1, 0.15) is 0 Å². The summed E-state index contributed by atoms with van der Waals surface area (Å²) >= 11 is 1.71. The highest BCUT2D eigenvalue weighted by Crippen LogP contribution is 2.31. The summed E-state index contributed by atoms with van der Waals surface area (Å²) < 4.78 is 2.22. The van der Waals surface area contributed by atoms with Gasteiger partial charge in [0.15, 0.2) is 5.16 Å². The maximum absolute atomic E-state index is 13.3. The van der Waals surface area contributed by atoms with Gasteiger partial charge in [0.05, 0.1) is 17.6 Å².